The van der Waals surface area contributed by atoms with Crippen molar-refractivity contribution in [3.8, 4) is 22.3 Å². The fourth-order valence-electron chi connectivity index (χ4n) is 4.34. The largest absolute Gasteiger partial charge is 0.374 e. The number of benzene rings is 3. The summed E-state index contributed by atoms with van der Waals surface area (Å²) < 4.78 is 49.4. The highest BCUT2D eigenvalue weighted by atomic mass is 19.2. The molecule has 32 heavy (non-hydrogen) atoms. The van der Waals surface area contributed by atoms with Crippen LogP contribution in [0, 0.1) is 17.5 Å². The van der Waals surface area contributed by atoms with Crippen LogP contribution in [0.1, 0.15) is 43.7 Å². The maximum Gasteiger partial charge on any atom is 0.166 e. The smallest absolute Gasteiger partial charge is 0.166 e. The molecule has 1 heterocycles. The minimum atomic E-state index is -0.848. The highest BCUT2D eigenvalue weighted by molar-refractivity contribution is 5.71. The van der Waals surface area contributed by atoms with Crippen LogP contribution in [0.25, 0.3) is 22.3 Å². The zero-order chi connectivity index (χ0) is 22.7. The number of allylic oxidation sites excluding steroid dienone is 1. The lowest BCUT2D eigenvalue weighted by molar-refractivity contribution is 0.0326. The van der Waals surface area contributed by atoms with E-state index < -0.39 is 11.6 Å². The fraction of sp³-hybridized carbons (Fsp3) is 0.286. The second-order valence-electron chi connectivity index (χ2n) is 8.24. The summed E-state index contributed by atoms with van der Waals surface area (Å²) in [6, 6.07) is 15.4. The lowest BCUT2D eigenvalue weighted by Crippen LogP contribution is -2.23. The lowest BCUT2D eigenvalue weighted by Gasteiger charge is -2.28. The number of rotatable bonds is 5. The van der Waals surface area contributed by atoms with Gasteiger partial charge in [-0.15, -0.1) is 0 Å². The molecule has 0 spiro atoms. The van der Waals surface area contributed by atoms with Crippen molar-refractivity contribution in [3.05, 3.63) is 95.3 Å². The van der Waals surface area contributed by atoms with Crippen molar-refractivity contribution in [1.82, 2.24) is 0 Å². The molecule has 0 bridgehead atoms. The first-order valence-corrected chi connectivity index (χ1v) is 11.1. The van der Waals surface area contributed by atoms with E-state index in [0.717, 1.165) is 18.4 Å². The van der Waals surface area contributed by atoms with Crippen LogP contribution in [-0.4, -0.2) is 12.7 Å². The Morgan fingerprint density at radius 3 is 2.16 bits per heavy atom. The SMILES string of the molecule is CC=CC1CCC(c2ccc(-c3ccc(-c4ccc(CC)c(F)c4F)cc3)c(F)c2)CO1. The van der Waals surface area contributed by atoms with E-state index in [9.17, 15) is 13.2 Å². The molecule has 2 atom stereocenters. The molecule has 1 nitrogen and oxygen atoms in total. The summed E-state index contributed by atoms with van der Waals surface area (Å²) >= 11 is 0. The highest BCUT2D eigenvalue weighted by Crippen LogP contribution is 2.33. The number of aryl methyl sites for hydroxylation is 1. The maximum atomic E-state index is 15.0. The number of halogens is 3. The van der Waals surface area contributed by atoms with Gasteiger partial charge in [-0.2, -0.15) is 0 Å². The number of ether oxygens (including phenoxy) is 1. The van der Waals surface area contributed by atoms with Gasteiger partial charge < -0.3 is 4.74 Å². The Hall–Kier alpha value is -2.85. The third-order valence-electron chi connectivity index (χ3n) is 6.23. The van der Waals surface area contributed by atoms with Crippen LogP contribution in [0.4, 0.5) is 13.2 Å². The van der Waals surface area contributed by atoms with Gasteiger partial charge in [-0.25, -0.2) is 13.2 Å². The van der Waals surface area contributed by atoms with Gasteiger partial charge in [0.05, 0.1) is 12.7 Å². The first-order valence-electron chi connectivity index (χ1n) is 11.1. The average molecular weight is 437 g/mol. The van der Waals surface area contributed by atoms with E-state index in [1.54, 1.807) is 55.5 Å². The standard InChI is InChI=1S/C28H27F3O/c1-3-5-23-13-10-22(17-32-23)21-12-14-24(26(29)16-21)19-6-8-20(9-7-19)25-15-11-18(4-2)27(30)28(25)31/h3,5-9,11-12,14-16,22-23H,4,10,13,17H2,1-2H3. The monoisotopic (exact) mass is 436 g/mol. The second-order valence-corrected chi connectivity index (χ2v) is 8.24. The molecule has 1 fully saturated rings. The van der Waals surface area contributed by atoms with E-state index in [-0.39, 0.29) is 23.4 Å². The van der Waals surface area contributed by atoms with Crippen molar-refractivity contribution < 1.29 is 17.9 Å². The normalized spacial score (nSPS) is 18.9. The van der Waals surface area contributed by atoms with E-state index in [1.165, 1.54) is 0 Å². The Balaban J connectivity index is 1.53. The van der Waals surface area contributed by atoms with E-state index in [0.29, 0.717) is 35.3 Å². The maximum absolute atomic E-state index is 15.0. The summed E-state index contributed by atoms with van der Waals surface area (Å²) in [5, 5.41) is 0. The molecule has 166 valence electrons. The zero-order valence-corrected chi connectivity index (χ0v) is 18.4. The van der Waals surface area contributed by atoms with Gasteiger partial charge in [0, 0.05) is 17.0 Å². The van der Waals surface area contributed by atoms with Crippen LogP contribution < -0.4 is 0 Å². The van der Waals surface area contributed by atoms with Crippen LogP contribution in [0.5, 0.6) is 0 Å². The van der Waals surface area contributed by atoms with E-state index in [2.05, 4.69) is 6.08 Å². The van der Waals surface area contributed by atoms with Gasteiger partial charge in [0.25, 0.3) is 0 Å². The van der Waals surface area contributed by atoms with Gasteiger partial charge in [0.1, 0.15) is 5.82 Å². The third-order valence-corrected chi connectivity index (χ3v) is 6.23. The minimum Gasteiger partial charge on any atom is -0.374 e. The first kappa shape index (κ1) is 22.3. The second kappa shape index (κ2) is 9.74. The predicted molar refractivity (Wildman–Crippen MR) is 123 cm³/mol. The highest BCUT2D eigenvalue weighted by Gasteiger charge is 2.22. The topological polar surface area (TPSA) is 9.23 Å². The number of hydrogen-bond acceptors (Lipinski definition) is 1. The summed E-state index contributed by atoms with van der Waals surface area (Å²) in [4.78, 5) is 0. The zero-order valence-electron chi connectivity index (χ0n) is 18.4. The van der Waals surface area contributed by atoms with Gasteiger partial charge in [0.15, 0.2) is 11.6 Å². The summed E-state index contributed by atoms with van der Waals surface area (Å²) in [5.41, 5.74) is 3.23. The minimum absolute atomic E-state index is 0.148. The Bertz CT molecular complexity index is 1110. The summed E-state index contributed by atoms with van der Waals surface area (Å²) in [6.45, 7) is 4.35. The van der Waals surface area contributed by atoms with Gasteiger partial charge in [-0.1, -0.05) is 67.6 Å². The summed E-state index contributed by atoms with van der Waals surface area (Å²) in [6.07, 6.45) is 6.52. The van der Waals surface area contributed by atoms with Gasteiger partial charge in [0.2, 0.25) is 0 Å². The third kappa shape index (κ3) is 4.51. The van der Waals surface area contributed by atoms with Gasteiger partial charge >= 0.3 is 0 Å². The van der Waals surface area contributed by atoms with E-state index in [1.807, 2.05) is 19.1 Å². The van der Waals surface area contributed by atoms with Crippen LogP contribution in [0.3, 0.4) is 0 Å². The van der Waals surface area contributed by atoms with Crippen molar-refractivity contribution in [3.63, 3.8) is 0 Å². The fourth-order valence-corrected chi connectivity index (χ4v) is 4.34. The molecule has 0 aromatic heterocycles. The summed E-state index contributed by atoms with van der Waals surface area (Å²) in [5.74, 6) is -1.76. The van der Waals surface area contributed by atoms with Gasteiger partial charge in [-0.05, 0) is 54.5 Å². The van der Waals surface area contributed by atoms with Crippen molar-refractivity contribution in [2.75, 3.05) is 6.61 Å². The molecule has 0 saturated carbocycles. The van der Waals surface area contributed by atoms with Crippen LogP contribution in [0.15, 0.2) is 66.7 Å². The molecule has 0 N–H and O–H groups in total. The molecule has 4 rings (SSSR count). The lowest BCUT2D eigenvalue weighted by atomic mass is 9.89. The van der Waals surface area contributed by atoms with E-state index in [4.69, 9.17) is 4.74 Å². The summed E-state index contributed by atoms with van der Waals surface area (Å²) in [7, 11) is 0. The van der Waals surface area contributed by atoms with Crippen molar-refractivity contribution >= 4 is 0 Å². The molecule has 3 aromatic carbocycles. The van der Waals surface area contributed by atoms with Crippen LogP contribution >= 0.6 is 0 Å². The van der Waals surface area contributed by atoms with Crippen molar-refractivity contribution in [2.45, 2.75) is 45.1 Å². The molecular formula is C28H27F3O. The molecule has 1 aliphatic heterocycles. The molecule has 0 amide bonds. The first-order chi connectivity index (χ1) is 15.5. The Morgan fingerprint density at radius 2 is 1.56 bits per heavy atom. The molecule has 4 heteroatoms. The van der Waals surface area contributed by atoms with Gasteiger partial charge in [-0.3, -0.25) is 0 Å². The molecule has 0 radical (unpaired) electrons. The van der Waals surface area contributed by atoms with Crippen molar-refractivity contribution in [1.29, 1.82) is 0 Å². The molecule has 3 aromatic rings. The Morgan fingerprint density at radius 1 is 0.875 bits per heavy atom. The van der Waals surface area contributed by atoms with Crippen molar-refractivity contribution in [2.24, 2.45) is 0 Å². The molecule has 1 aliphatic rings. The molecule has 2 unspecified atom stereocenters. The quantitative estimate of drug-likeness (QED) is 0.370. The van der Waals surface area contributed by atoms with Crippen LogP contribution in [0.2, 0.25) is 0 Å². The molecule has 1 saturated heterocycles. The molecular weight excluding hydrogens is 409 g/mol. The van der Waals surface area contributed by atoms with E-state index >= 15 is 0 Å². The average Bonchev–Trinajstić information content (AvgIpc) is 2.82. The van der Waals surface area contributed by atoms with Crippen LogP contribution in [-0.2, 0) is 11.2 Å². The predicted octanol–water partition coefficient (Wildman–Crippen LogP) is 7.84. The Kier molecular flexibility index (Phi) is 6.80. The Labute approximate surface area is 187 Å². The molecule has 0 aliphatic carbocycles. The number of hydrogen-bond donors (Lipinski definition) is 0.